The Morgan fingerprint density at radius 2 is 1.90 bits per heavy atom. The van der Waals surface area contributed by atoms with Crippen LogP contribution in [0, 0.1) is 27.7 Å². The molecule has 0 heterocycles. The molecule has 108 valence electrons. The Morgan fingerprint density at radius 3 is 2.40 bits per heavy atom. The number of halogens is 2. The molecule has 1 aliphatic rings. The summed E-state index contributed by atoms with van der Waals surface area (Å²) in [4.78, 5) is 20.9. The maximum absolute atomic E-state index is 13.5. The summed E-state index contributed by atoms with van der Waals surface area (Å²) >= 11 is 0. The van der Waals surface area contributed by atoms with Crippen molar-refractivity contribution in [2.75, 3.05) is 18.4 Å². The third kappa shape index (κ3) is 3.40. The number of nitro groups is 1. The van der Waals surface area contributed by atoms with Crippen molar-refractivity contribution in [3.8, 4) is 0 Å². The number of carbonyl (C=O) groups is 1. The van der Waals surface area contributed by atoms with E-state index in [-0.39, 0.29) is 24.9 Å². The van der Waals surface area contributed by atoms with Gasteiger partial charge in [-0.25, -0.2) is 8.78 Å². The summed E-state index contributed by atoms with van der Waals surface area (Å²) in [6.45, 7) is 0.356. The highest BCUT2D eigenvalue weighted by atomic mass is 19.1. The number of carbonyl (C=O) groups excluding carboxylic acids is 1. The highest BCUT2D eigenvalue weighted by Gasteiger charge is 2.29. The quantitative estimate of drug-likeness (QED) is 0.474. The number of benzene rings is 1. The molecule has 6 nitrogen and oxygen atoms in total. The molecule has 1 fully saturated rings. The number of amides is 1. The number of nitrogens with one attached hydrogen (secondary N) is 2. The summed E-state index contributed by atoms with van der Waals surface area (Å²) in [5.74, 6) is -2.06. The summed E-state index contributed by atoms with van der Waals surface area (Å²) < 4.78 is 27.0. The smallest absolute Gasteiger partial charge is 0.275 e. The Hall–Kier alpha value is -2.25. The summed E-state index contributed by atoms with van der Waals surface area (Å²) in [6, 6.07) is 1.29. The molecular formula is C12H13F2N3O3. The number of hydrogen-bond donors (Lipinski definition) is 2. The Kier molecular flexibility index (Phi) is 4.11. The number of anilines is 1. The van der Waals surface area contributed by atoms with E-state index in [1.54, 1.807) is 0 Å². The van der Waals surface area contributed by atoms with Crippen molar-refractivity contribution >= 4 is 17.3 Å². The van der Waals surface area contributed by atoms with E-state index in [2.05, 4.69) is 10.6 Å². The van der Waals surface area contributed by atoms with Crippen LogP contribution in [0.1, 0.15) is 12.8 Å². The molecule has 0 atom stereocenters. The lowest BCUT2D eigenvalue weighted by Gasteiger charge is -2.09. The molecule has 0 saturated heterocycles. The van der Waals surface area contributed by atoms with Gasteiger partial charge in [0.2, 0.25) is 5.91 Å². The Morgan fingerprint density at radius 1 is 1.30 bits per heavy atom. The van der Waals surface area contributed by atoms with Crippen LogP contribution >= 0.6 is 0 Å². The molecule has 1 amide bonds. The first-order valence-corrected chi connectivity index (χ1v) is 6.14. The molecular weight excluding hydrogens is 272 g/mol. The molecule has 0 spiro atoms. The highest BCUT2D eigenvalue weighted by molar-refractivity contribution is 5.80. The van der Waals surface area contributed by atoms with Gasteiger partial charge >= 0.3 is 0 Å². The molecule has 1 saturated carbocycles. The zero-order chi connectivity index (χ0) is 14.7. The monoisotopic (exact) mass is 285 g/mol. The average molecular weight is 285 g/mol. The van der Waals surface area contributed by atoms with Gasteiger partial charge in [0.15, 0.2) is 11.6 Å². The lowest BCUT2D eigenvalue weighted by molar-refractivity contribution is -0.385. The first-order valence-electron chi connectivity index (χ1n) is 6.14. The summed E-state index contributed by atoms with van der Waals surface area (Å²) in [5, 5.41) is 15.5. The standard InChI is InChI=1S/C12H13F2N3O3/c13-9-5-8(17(19)20)6-10(14)11(9)15-3-4-16-12(18)7-1-2-7/h5-7,15H,1-4H2,(H,16,18). The Balaban J connectivity index is 1.88. The van der Waals surface area contributed by atoms with Gasteiger partial charge in [0.05, 0.1) is 17.1 Å². The molecule has 0 bridgehead atoms. The van der Waals surface area contributed by atoms with Crippen LogP contribution in [-0.2, 0) is 4.79 Å². The van der Waals surface area contributed by atoms with Gasteiger partial charge in [-0.05, 0) is 12.8 Å². The second-order valence-corrected chi connectivity index (χ2v) is 4.53. The van der Waals surface area contributed by atoms with Gasteiger partial charge in [0.25, 0.3) is 5.69 Å². The molecule has 0 aromatic heterocycles. The minimum absolute atomic E-state index is 0.0588. The summed E-state index contributed by atoms with van der Waals surface area (Å²) in [5.41, 5.74) is -1.08. The predicted molar refractivity (Wildman–Crippen MR) is 67.2 cm³/mol. The molecule has 1 aromatic rings. The lowest BCUT2D eigenvalue weighted by atomic mass is 10.2. The molecule has 0 aliphatic heterocycles. The lowest BCUT2D eigenvalue weighted by Crippen LogP contribution is -2.30. The van der Waals surface area contributed by atoms with E-state index < -0.39 is 27.9 Å². The van der Waals surface area contributed by atoms with Crippen molar-refractivity contribution < 1.29 is 18.5 Å². The second kappa shape index (κ2) is 5.81. The molecule has 1 aromatic carbocycles. The molecule has 20 heavy (non-hydrogen) atoms. The minimum atomic E-state index is -1.04. The van der Waals surface area contributed by atoms with E-state index in [9.17, 15) is 23.7 Å². The fourth-order valence-electron chi connectivity index (χ4n) is 1.70. The Bertz CT molecular complexity index is 524. The zero-order valence-corrected chi connectivity index (χ0v) is 10.5. The van der Waals surface area contributed by atoms with E-state index in [1.807, 2.05) is 0 Å². The van der Waals surface area contributed by atoms with Crippen LogP contribution in [0.3, 0.4) is 0 Å². The molecule has 2 N–H and O–H groups in total. The maximum atomic E-state index is 13.5. The van der Waals surface area contributed by atoms with Crippen molar-refractivity contribution in [2.45, 2.75) is 12.8 Å². The van der Waals surface area contributed by atoms with E-state index >= 15 is 0 Å². The van der Waals surface area contributed by atoms with Gasteiger partial charge < -0.3 is 10.6 Å². The van der Waals surface area contributed by atoms with E-state index in [4.69, 9.17) is 0 Å². The van der Waals surface area contributed by atoms with Crippen molar-refractivity contribution in [3.05, 3.63) is 33.9 Å². The number of rotatable bonds is 6. The van der Waals surface area contributed by atoms with Gasteiger partial charge in [-0.3, -0.25) is 14.9 Å². The van der Waals surface area contributed by atoms with Crippen LogP contribution in [-0.4, -0.2) is 23.9 Å². The fraction of sp³-hybridized carbons (Fsp3) is 0.417. The maximum Gasteiger partial charge on any atom is 0.275 e. The number of non-ortho nitro benzene ring substituents is 1. The van der Waals surface area contributed by atoms with Gasteiger partial charge in [-0.15, -0.1) is 0 Å². The average Bonchev–Trinajstić information content (AvgIpc) is 3.20. The fourth-order valence-corrected chi connectivity index (χ4v) is 1.70. The number of nitro benzene ring substituents is 1. The predicted octanol–water partition coefficient (Wildman–Crippen LogP) is 1.81. The van der Waals surface area contributed by atoms with Crippen molar-refractivity contribution in [1.29, 1.82) is 0 Å². The van der Waals surface area contributed by atoms with Crippen LogP contribution < -0.4 is 10.6 Å². The van der Waals surface area contributed by atoms with E-state index in [1.165, 1.54) is 0 Å². The van der Waals surface area contributed by atoms with Crippen LogP contribution in [0.25, 0.3) is 0 Å². The topological polar surface area (TPSA) is 84.3 Å². The normalized spacial score (nSPS) is 13.9. The summed E-state index contributed by atoms with van der Waals surface area (Å²) in [7, 11) is 0. The van der Waals surface area contributed by atoms with Crippen LogP contribution in [0.4, 0.5) is 20.2 Å². The van der Waals surface area contributed by atoms with Crippen LogP contribution in [0.15, 0.2) is 12.1 Å². The minimum Gasteiger partial charge on any atom is -0.379 e. The third-order valence-corrected chi connectivity index (χ3v) is 2.91. The first-order chi connectivity index (χ1) is 9.49. The largest absolute Gasteiger partial charge is 0.379 e. The first kappa shape index (κ1) is 14.2. The van der Waals surface area contributed by atoms with E-state index in [0.717, 1.165) is 12.8 Å². The van der Waals surface area contributed by atoms with Gasteiger partial charge in [-0.2, -0.15) is 0 Å². The second-order valence-electron chi connectivity index (χ2n) is 4.53. The van der Waals surface area contributed by atoms with Crippen molar-refractivity contribution in [2.24, 2.45) is 5.92 Å². The Labute approximate surface area is 113 Å². The van der Waals surface area contributed by atoms with Gasteiger partial charge in [0.1, 0.15) is 5.69 Å². The van der Waals surface area contributed by atoms with Crippen LogP contribution in [0.5, 0.6) is 0 Å². The van der Waals surface area contributed by atoms with Gasteiger partial charge in [-0.1, -0.05) is 0 Å². The van der Waals surface area contributed by atoms with Crippen LogP contribution in [0.2, 0.25) is 0 Å². The molecule has 0 unspecified atom stereocenters. The third-order valence-electron chi connectivity index (χ3n) is 2.91. The van der Waals surface area contributed by atoms with E-state index in [0.29, 0.717) is 12.1 Å². The van der Waals surface area contributed by atoms with Gasteiger partial charge in [0, 0.05) is 19.0 Å². The molecule has 2 rings (SSSR count). The SMILES string of the molecule is O=C(NCCNc1c(F)cc([N+](=O)[O-])cc1F)C1CC1. The summed E-state index contributed by atoms with van der Waals surface area (Å²) in [6.07, 6.45) is 1.76. The number of nitrogens with zero attached hydrogens (tertiary/aromatic N) is 1. The molecule has 8 heteroatoms. The molecule has 0 radical (unpaired) electrons. The van der Waals surface area contributed by atoms with Crippen molar-refractivity contribution in [3.63, 3.8) is 0 Å². The zero-order valence-electron chi connectivity index (χ0n) is 10.5. The molecule has 1 aliphatic carbocycles. The highest BCUT2D eigenvalue weighted by Crippen LogP contribution is 2.28. The van der Waals surface area contributed by atoms with Crippen molar-refractivity contribution in [1.82, 2.24) is 5.32 Å². The number of hydrogen-bond acceptors (Lipinski definition) is 4.